The second-order valence-corrected chi connectivity index (χ2v) is 10.3. The first-order valence-electron chi connectivity index (χ1n) is 13.2. The van der Waals surface area contributed by atoms with Crippen molar-refractivity contribution in [2.75, 3.05) is 32.8 Å². The normalized spacial score (nSPS) is 18.3. The van der Waals surface area contributed by atoms with Gasteiger partial charge in [-0.2, -0.15) is 13.2 Å². The number of aryl methyl sites for hydroxylation is 1. The molecule has 1 saturated heterocycles. The summed E-state index contributed by atoms with van der Waals surface area (Å²) in [4.78, 5) is 21.3. The second kappa shape index (κ2) is 12.5. The van der Waals surface area contributed by atoms with E-state index in [-0.39, 0.29) is 24.7 Å². The third kappa shape index (κ3) is 6.87. The Bertz CT molecular complexity index is 1280. The van der Waals surface area contributed by atoms with Gasteiger partial charge in [-0.25, -0.2) is 0 Å². The van der Waals surface area contributed by atoms with Gasteiger partial charge in [-0.05, 0) is 59.4 Å². The zero-order valence-corrected chi connectivity index (χ0v) is 22.7. The number of aromatic nitrogens is 1. The highest BCUT2D eigenvalue weighted by atomic mass is 19.4. The van der Waals surface area contributed by atoms with Crippen LogP contribution in [-0.4, -0.2) is 70.9 Å². The predicted octanol–water partition coefficient (Wildman–Crippen LogP) is 4.02. The number of hydrogen-bond acceptors (Lipinski definition) is 7. The van der Waals surface area contributed by atoms with Gasteiger partial charge >= 0.3 is 12.1 Å². The molecule has 1 aliphatic heterocycles. The Labute approximate surface area is 232 Å². The van der Waals surface area contributed by atoms with Crippen LogP contribution in [0.1, 0.15) is 29.2 Å². The summed E-state index contributed by atoms with van der Waals surface area (Å²) in [6.45, 7) is 6.37. The lowest BCUT2D eigenvalue weighted by molar-refractivity contribution is -0.258. The number of pyridine rings is 1. The number of carbonyl (C=O) groups excluding carboxylic acids is 1. The molecule has 0 radical (unpaired) electrons. The van der Waals surface area contributed by atoms with Crippen molar-refractivity contribution in [2.24, 2.45) is 5.73 Å². The van der Waals surface area contributed by atoms with Crippen molar-refractivity contribution in [2.45, 2.75) is 44.8 Å². The Morgan fingerprint density at radius 1 is 1.05 bits per heavy atom. The molecule has 2 aromatic carbocycles. The summed E-state index contributed by atoms with van der Waals surface area (Å²) in [6.07, 6.45) is -1.30. The first-order valence-corrected chi connectivity index (χ1v) is 13.2. The van der Waals surface area contributed by atoms with Crippen molar-refractivity contribution in [1.82, 2.24) is 14.8 Å². The van der Waals surface area contributed by atoms with E-state index in [2.05, 4.69) is 20.9 Å². The van der Waals surface area contributed by atoms with Crippen LogP contribution in [0.3, 0.4) is 0 Å². The average Bonchev–Trinajstić information content (AvgIpc) is 2.92. The van der Waals surface area contributed by atoms with E-state index in [0.717, 1.165) is 41.3 Å². The van der Waals surface area contributed by atoms with E-state index in [4.69, 9.17) is 10.5 Å². The van der Waals surface area contributed by atoms with Gasteiger partial charge in [-0.1, -0.05) is 42.5 Å². The molecule has 1 fully saturated rings. The number of piperazine rings is 1. The Hall–Kier alpha value is -3.31. The van der Waals surface area contributed by atoms with E-state index in [1.165, 1.54) is 12.1 Å². The number of nitrogens with two attached hydrogens (primary N) is 1. The van der Waals surface area contributed by atoms with E-state index in [1.54, 1.807) is 24.5 Å². The number of halogens is 3. The maximum absolute atomic E-state index is 13.2. The van der Waals surface area contributed by atoms with Gasteiger partial charge in [0, 0.05) is 51.7 Å². The van der Waals surface area contributed by atoms with Crippen LogP contribution < -0.4 is 5.73 Å². The van der Waals surface area contributed by atoms with Crippen molar-refractivity contribution in [3.8, 4) is 11.1 Å². The molecule has 7 nitrogen and oxygen atoms in total. The third-order valence-electron chi connectivity index (χ3n) is 7.35. The molecule has 1 aliphatic rings. The number of alkyl halides is 3. The monoisotopic (exact) mass is 556 g/mol. The molecule has 0 spiro atoms. The van der Waals surface area contributed by atoms with Crippen molar-refractivity contribution < 1.29 is 27.8 Å². The molecule has 3 N–H and O–H groups in total. The molecule has 214 valence electrons. The highest BCUT2D eigenvalue weighted by molar-refractivity contribution is 5.76. The highest BCUT2D eigenvalue weighted by Gasteiger charge is 2.51. The number of carbonyl (C=O) groups is 1. The number of ether oxygens (including phenoxy) is 1. The number of hydrogen-bond donors (Lipinski definition) is 2. The van der Waals surface area contributed by atoms with Crippen LogP contribution in [0.25, 0.3) is 11.1 Å². The van der Waals surface area contributed by atoms with Crippen LogP contribution >= 0.6 is 0 Å². The van der Waals surface area contributed by atoms with E-state index in [1.807, 2.05) is 31.2 Å². The molecule has 0 aliphatic carbocycles. The van der Waals surface area contributed by atoms with Gasteiger partial charge in [0.2, 0.25) is 0 Å². The van der Waals surface area contributed by atoms with Gasteiger partial charge in [0.15, 0.2) is 5.60 Å². The summed E-state index contributed by atoms with van der Waals surface area (Å²) in [5.74, 6) is -0.288. The first kappa shape index (κ1) is 29.7. The summed E-state index contributed by atoms with van der Waals surface area (Å²) in [7, 11) is 0. The molecule has 1 aromatic heterocycles. The third-order valence-corrected chi connectivity index (χ3v) is 7.35. The van der Waals surface area contributed by atoms with Crippen LogP contribution in [0.15, 0.2) is 67.0 Å². The van der Waals surface area contributed by atoms with Crippen LogP contribution in [0.2, 0.25) is 0 Å². The Morgan fingerprint density at radius 2 is 1.75 bits per heavy atom. The fourth-order valence-corrected chi connectivity index (χ4v) is 4.96. The van der Waals surface area contributed by atoms with Crippen LogP contribution in [0.5, 0.6) is 0 Å². The maximum atomic E-state index is 13.2. The fourth-order valence-electron chi connectivity index (χ4n) is 4.96. The molecule has 0 amide bonds. The molecular weight excluding hydrogens is 521 g/mol. The molecule has 10 heteroatoms. The summed E-state index contributed by atoms with van der Waals surface area (Å²) < 4.78 is 45.0. The number of rotatable bonds is 9. The molecule has 2 heterocycles. The van der Waals surface area contributed by atoms with E-state index in [9.17, 15) is 23.1 Å². The molecule has 2 atom stereocenters. The minimum atomic E-state index is -4.77. The van der Waals surface area contributed by atoms with E-state index < -0.39 is 17.8 Å². The topological polar surface area (TPSA) is 91.9 Å². The summed E-state index contributed by atoms with van der Waals surface area (Å²) in [5, 5.41) is 9.95. The first-order chi connectivity index (χ1) is 19.0. The van der Waals surface area contributed by atoms with Crippen molar-refractivity contribution in [1.29, 1.82) is 0 Å². The standard InChI is InChI=1S/C30H35F3N4O3/c1-21-17-23(3-8-26(21)24-4-6-25(7-5-24)29(2,39)30(31,32)33)18-36-14-15-37(19-22-9-12-35-13-10-22)27(20-36)28(38)40-16-11-34/h3-10,12-13,17,27,39H,11,14-16,18-20,34H2,1-2H3. The molecule has 4 rings (SSSR count). The zero-order valence-electron chi connectivity index (χ0n) is 22.7. The Morgan fingerprint density at radius 3 is 2.38 bits per heavy atom. The van der Waals surface area contributed by atoms with E-state index in [0.29, 0.717) is 26.2 Å². The van der Waals surface area contributed by atoms with Gasteiger partial charge < -0.3 is 15.6 Å². The SMILES string of the molecule is Cc1cc(CN2CCN(Cc3ccncc3)C(C(=O)OCCN)C2)ccc1-c1ccc(C(C)(O)C(F)(F)F)cc1. The molecule has 0 bridgehead atoms. The number of benzene rings is 2. The molecule has 3 aromatic rings. The number of aliphatic hydroxyl groups is 1. The summed E-state index contributed by atoms with van der Waals surface area (Å²) in [6, 6.07) is 15.3. The number of nitrogens with zero attached hydrogens (tertiary/aromatic N) is 3. The van der Waals surface area contributed by atoms with Crippen molar-refractivity contribution in [3.05, 3.63) is 89.2 Å². The lowest BCUT2D eigenvalue weighted by atomic mass is 9.92. The largest absolute Gasteiger partial charge is 0.463 e. The Balaban J connectivity index is 1.45. The lowest BCUT2D eigenvalue weighted by Crippen LogP contribution is -2.56. The van der Waals surface area contributed by atoms with Gasteiger partial charge in [0.25, 0.3) is 0 Å². The smallest absolute Gasteiger partial charge is 0.421 e. The van der Waals surface area contributed by atoms with Gasteiger partial charge in [-0.3, -0.25) is 19.6 Å². The summed E-state index contributed by atoms with van der Waals surface area (Å²) in [5.41, 5.74) is 7.19. The fraction of sp³-hybridized carbons (Fsp3) is 0.400. The second-order valence-electron chi connectivity index (χ2n) is 10.3. The minimum Gasteiger partial charge on any atom is -0.463 e. The quantitative estimate of drug-likeness (QED) is 0.385. The van der Waals surface area contributed by atoms with E-state index >= 15 is 0 Å². The molecule has 0 saturated carbocycles. The summed E-state index contributed by atoms with van der Waals surface area (Å²) >= 11 is 0. The van der Waals surface area contributed by atoms with Crippen molar-refractivity contribution in [3.63, 3.8) is 0 Å². The average molecular weight is 557 g/mol. The zero-order chi connectivity index (χ0) is 28.9. The Kier molecular flexibility index (Phi) is 9.25. The van der Waals surface area contributed by atoms with Gasteiger partial charge in [-0.15, -0.1) is 0 Å². The van der Waals surface area contributed by atoms with Gasteiger partial charge in [0.05, 0.1) is 0 Å². The highest BCUT2D eigenvalue weighted by Crippen LogP contribution is 2.39. The van der Waals surface area contributed by atoms with Crippen LogP contribution in [-0.2, 0) is 28.2 Å². The minimum absolute atomic E-state index is 0.174. The van der Waals surface area contributed by atoms with Gasteiger partial charge in [0.1, 0.15) is 12.6 Å². The van der Waals surface area contributed by atoms with Crippen LogP contribution in [0.4, 0.5) is 13.2 Å². The predicted molar refractivity (Wildman–Crippen MR) is 146 cm³/mol. The lowest BCUT2D eigenvalue weighted by Gasteiger charge is -2.40. The number of esters is 1. The molecule has 2 unspecified atom stereocenters. The molecular formula is C30H35F3N4O3. The van der Waals surface area contributed by atoms with Crippen LogP contribution in [0, 0.1) is 6.92 Å². The van der Waals surface area contributed by atoms with Crippen molar-refractivity contribution >= 4 is 5.97 Å². The maximum Gasteiger partial charge on any atom is 0.421 e. The molecule has 40 heavy (non-hydrogen) atoms.